The Hall–Kier alpha value is -2.57. The number of carboxylic acids is 1. The lowest BCUT2D eigenvalue weighted by atomic mass is 10.1. The van der Waals surface area contributed by atoms with Crippen molar-refractivity contribution in [3.63, 3.8) is 0 Å². The SMILES string of the molecule is O=C(O)Cc1ccccc1NC(=O)NCC1CCC(=O)N1. The molecule has 1 aromatic carbocycles. The molecule has 7 heteroatoms. The number of hydrogen-bond donors (Lipinski definition) is 4. The van der Waals surface area contributed by atoms with Crippen LogP contribution >= 0.6 is 0 Å². The normalized spacial score (nSPS) is 17.1. The van der Waals surface area contributed by atoms with E-state index in [9.17, 15) is 14.4 Å². The fourth-order valence-electron chi connectivity index (χ4n) is 2.17. The van der Waals surface area contributed by atoms with Gasteiger partial charge in [-0.25, -0.2) is 4.79 Å². The quantitative estimate of drug-likeness (QED) is 0.641. The molecular weight excluding hydrogens is 274 g/mol. The van der Waals surface area contributed by atoms with Gasteiger partial charge in [-0.3, -0.25) is 9.59 Å². The molecule has 0 aliphatic carbocycles. The van der Waals surface area contributed by atoms with Crippen molar-refractivity contribution in [1.82, 2.24) is 10.6 Å². The molecule has 7 nitrogen and oxygen atoms in total. The van der Waals surface area contributed by atoms with Gasteiger partial charge in [-0.15, -0.1) is 0 Å². The molecule has 3 amide bonds. The third-order valence-corrected chi connectivity index (χ3v) is 3.20. The highest BCUT2D eigenvalue weighted by atomic mass is 16.4. The van der Waals surface area contributed by atoms with Crippen LogP contribution in [0.3, 0.4) is 0 Å². The molecule has 0 saturated carbocycles. The summed E-state index contributed by atoms with van der Waals surface area (Å²) >= 11 is 0. The molecule has 0 radical (unpaired) electrons. The number of nitrogens with one attached hydrogen (secondary N) is 3. The second-order valence-electron chi connectivity index (χ2n) is 4.87. The van der Waals surface area contributed by atoms with E-state index in [4.69, 9.17) is 5.11 Å². The number of carbonyl (C=O) groups is 3. The number of aliphatic carboxylic acids is 1. The fraction of sp³-hybridized carbons (Fsp3) is 0.357. The highest BCUT2D eigenvalue weighted by molar-refractivity contribution is 5.91. The standard InChI is InChI=1S/C14H17N3O4/c18-12-6-5-10(16-12)8-15-14(21)17-11-4-2-1-3-9(11)7-13(19)20/h1-4,10H,5-8H2,(H,16,18)(H,19,20)(H2,15,17,21). The Kier molecular flexibility index (Phi) is 4.76. The average Bonchev–Trinajstić information content (AvgIpc) is 2.84. The van der Waals surface area contributed by atoms with Crippen LogP contribution in [0.4, 0.5) is 10.5 Å². The molecule has 1 heterocycles. The van der Waals surface area contributed by atoms with Crippen LogP contribution in [0.2, 0.25) is 0 Å². The minimum atomic E-state index is -0.960. The Morgan fingerprint density at radius 2 is 2.10 bits per heavy atom. The van der Waals surface area contributed by atoms with Crippen LogP contribution in [0, 0.1) is 0 Å². The van der Waals surface area contributed by atoms with Gasteiger partial charge in [0.1, 0.15) is 0 Å². The Bertz CT molecular complexity index is 559. The van der Waals surface area contributed by atoms with Crippen LogP contribution in [-0.2, 0) is 16.0 Å². The van der Waals surface area contributed by atoms with E-state index in [1.807, 2.05) is 0 Å². The van der Waals surface area contributed by atoms with Crippen molar-refractivity contribution in [1.29, 1.82) is 0 Å². The first kappa shape index (κ1) is 14.8. The summed E-state index contributed by atoms with van der Waals surface area (Å²) in [5.41, 5.74) is 1.00. The van der Waals surface area contributed by atoms with Crippen molar-refractivity contribution in [2.24, 2.45) is 0 Å². The van der Waals surface area contributed by atoms with Crippen molar-refractivity contribution in [3.05, 3.63) is 29.8 Å². The average molecular weight is 291 g/mol. The lowest BCUT2D eigenvalue weighted by molar-refractivity contribution is -0.136. The lowest BCUT2D eigenvalue weighted by Gasteiger charge is -2.13. The van der Waals surface area contributed by atoms with Gasteiger partial charge in [-0.05, 0) is 18.1 Å². The van der Waals surface area contributed by atoms with Gasteiger partial charge in [0.2, 0.25) is 5.91 Å². The first-order valence-corrected chi connectivity index (χ1v) is 6.68. The number of hydrogen-bond acceptors (Lipinski definition) is 3. The largest absolute Gasteiger partial charge is 0.481 e. The third-order valence-electron chi connectivity index (χ3n) is 3.20. The summed E-state index contributed by atoms with van der Waals surface area (Å²) in [6.45, 7) is 0.346. The highest BCUT2D eigenvalue weighted by Crippen LogP contribution is 2.15. The lowest BCUT2D eigenvalue weighted by Crippen LogP contribution is -2.40. The summed E-state index contributed by atoms with van der Waals surface area (Å²) in [6.07, 6.45) is 1.03. The topological polar surface area (TPSA) is 108 Å². The van der Waals surface area contributed by atoms with Gasteiger partial charge in [0, 0.05) is 24.7 Å². The van der Waals surface area contributed by atoms with E-state index in [0.29, 0.717) is 30.6 Å². The molecule has 0 spiro atoms. The molecule has 1 aliphatic rings. The Morgan fingerprint density at radius 1 is 1.33 bits per heavy atom. The summed E-state index contributed by atoms with van der Waals surface area (Å²) in [6, 6.07) is 6.27. The molecule has 1 atom stereocenters. The molecular formula is C14H17N3O4. The van der Waals surface area contributed by atoms with E-state index >= 15 is 0 Å². The summed E-state index contributed by atoms with van der Waals surface area (Å²) in [5.74, 6) is -0.965. The van der Waals surface area contributed by atoms with E-state index in [1.54, 1.807) is 24.3 Å². The van der Waals surface area contributed by atoms with Gasteiger partial charge in [-0.2, -0.15) is 0 Å². The summed E-state index contributed by atoms with van der Waals surface area (Å²) in [7, 11) is 0. The molecule has 0 aromatic heterocycles. The molecule has 1 unspecified atom stereocenters. The zero-order valence-electron chi connectivity index (χ0n) is 11.4. The van der Waals surface area contributed by atoms with Crippen LogP contribution in [0.15, 0.2) is 24.3 Å². The van der Waals surface area contributed by atoms with Crippen LogP contribution in [0.25, 0.3) is 0 Å². The van der Waals surface area contributed by atoms with E-state index in [0.717, 1.165) is 0 Å². The van der Waals surface area contributed by atoms with Gasteiger partial charge >= 0.3 is 12.0 Å². The third kappa shape index (κ3) is 4.48. The number of benzene rings is 1. The molecule has 2 rings (SSSR count). The van der Waals surface area contributed by atoms with E-state index in [1.165, 1.54) is 0 Å². The molecule has 1 aromatic rings. The number of rotatable bonds is 5. The predicted molar refractivity (Wildman–Crippen MR) is 76.0 cm³/mol. The van der Waals surface area contributed by atoms with Crippen LogP contribution in [-0.4, -0.2) is 35.6 Å². The second kappa shape index (κ2) is 6.74. The fourth-order valence-corrected chi connectivity index (χ4v) is 2.17. The van der Waals surface area contributed by atoms with E-state index < -0.39 is 12.0 Å². The first-order valence-electron chi connectivity index (χ1n) is 6.68. The van der Waals surface area contributed by atoms with Crippen molar-refractivity contribution in [2.45, 2.75) is 25.3 Å². The summed E-state index contributed by atoms with van der Waals surface area (Å²) in [4.78, 5) is 33.6. The van der Waals surface area contributed by atoms with Gasteiger partial charge in [0.25, 0.3) is 0 Å². The van der Waals surface area contributed by atoms with Gasteiger partial charge in [0.05, 0.1) is 6.42 Å². The van der Waals surface area contributed by atoms with Crippen LogP contribution in [0.5, 0.6) is 0 Å². The molecule has 0 bridgehead atoms. The number of anilines is 1. The second-order valence-corrected chi connectivity index (χ2v) is 4.87. The monoisotopic (exact) mass is 291 g/mol. The minimum absolute atomic E-state index is 0.00554. The first-order chi connectivity index (χ1) is 10.0. The number of amides is 3. The smallest absolute Gasteiger partial charge is 0.319 e. The van der Waals surface area contributed by atoms with Gasteiger partial charge in [-0.1, -0.05) is 18.2 Å². The van der Waals surface area contributed by atoms with Crippen molar-refractivity contribution in [3.8, 4) is 0 Å². The molecule has 4 N–H and O–H groups in total. The molecule has 1 aliphatic heterocycles. The maximum absolute atomic E-state index is 11.8. The maximum Gasteiger partial charge on any atom is 0.319 e. The van der Waals surface area contributed by atoms with Crippen molar-refractivity contribution in [2.75, 3.05) is 11.9 Å². The van der Waals surface area contributed by atoms with Gasteiger partial charge < -0.3 is 21.1 Å². The Morgan fingerprint density at radius 3 is 2.76 bits per heavy atom. The number of carbonyl (C=O) groups excluding carboxylic acids is 2. The summed E-state index contributed by atoms with van der Waals surface area (Å²) in [5, 5.41) is 16.9. The summed E-state index contributed by atoms with van der Waals surface area (Å²) < 4.78 is 0. The molecule has 21 heavy (non-hydrogen) atoms. The van der Waals surface area contributed by atoms with Crippen LogP contribution < -0.4 is 16.0 Å². The van der Waals surface area contributed by atoms with Crippen molar-refractivity contribution < 1.29 is 19.5 Å². The molecule has 1 fully saturated rings. The van der Waals surface area contributed by atoms with Crippen LogP contribution in [0.1, 0.15) is 18.4 Å². The maximum atomic E-state index is 11.8. The zero-order chi connectivity index (χ0) is 15.2. The molecule has 112 valence electrons. The minimum Gasteiger partial charge on any atom is -0.481 e. The Balaban J connectivity index is 1.87. The number of carboxylic acid groups (broad SMARTS) is 1. The number of para-hydroxylation sites is 1. The van der Waals surface area contributed by atoms with E-state index in [-0.39, 0.29) is 18.4 Å². The van der Waals surface area contributed by atoms with Crippen molar-refractivity contribution >= 4 is 23.6 Å². The molecule has 1 saturated heterocycles. The van der Waals surface area contributed by atoms with E-state index in [2.05, 4.69) is 16.0 Å². The highest BCUT2D eigenvalue weighted by Gasteiger charge is 2.21. The number of urea groups is 1. The van der Waals surface area contributed by atoms with Gasteiger partial charge in [0.15, 0.2) is 0 Å². The Labute approximate surface area is 121 Å². The predicted octanol–water partition coefficient (Wildman–Crippen LogP) is 0.714. The zero-order valence-corrected chi connectivity index (χ0v) is 11.4.